The molecule has 0 radical (unpaired) electrons. The largest absolute Gasteiger partial charge is 0.497 e. The number of carbonyl (C=O) groups excluding carboxylic acids is 1. The van der Waals surface area contributed by atoms with Crippen LogP contribution < -0.4 is 25.4 Å². The summed E-state index contributed by atoms with van der Waals surface area (Å²) in [6.07, 6.45) is 2.89. The number of nitrogens with zero attached hydrogens (tertiary/aromatic N) is 1. The minimum absolute atomic E-state index is 0.0323. The fourth-order valence-electron chi connectivity index (χ4n) is 2.97. The van der Waals surface area contributed by atoms with Crippen LogP contribution in [0.25, 0.3) is 0 Å². The molecule has 1 aliphatic rings. The third-order valence-electron chi connectivity index (χ3n) is 4.84. The standard InChI is InChI=1S/C23H29ClN4O3/c1-25-23(26-11-10-17-6-9-19(30-2)13-21(17)24)27-14-16-4-3-5-20(12-16)31-15-22(29)28-18-7-8-18/h3-6,9,12-13,18H,7-8,10-11,14-15H2,1-2H3,(H,28,29)(H2,25,26,27). The molecule has 166 valence electrons. The summed E-state index contributed by atoms with van der Waals surface area (Å²) in [5.74, 6) is 2.03. The zero-order valence-electron chi connectivity index (χ0n) is 17.9. The Balaban J connectivity index is 1.42. The number of carbonyl (C=O) groups is 1. The zero-order chi connectivity index (χ0) is 22.1. The van der Waals surface area contributed by atoms with Crippen molar-refractivity contribution in [2.75, 3.05) is 27.3 Å². The van der Waals surface area contributed by atoms with Crippen LogP contribution in [0.15, 0.2) is 47.5 Å². The second-order valence-corrected chi connectivity index (χ2v) is 7.74. The lowest BCUT2D eigenvalue weighted by Gasteiger charge is -2.13. The van der Waals surface area contributed by atoms with Gasteiger partial charge in [0.15, 0.2) is 12.6 Å². The van der Waals surface area contributed by atoms with E-state index in [1.54, 1.807) is 14.2 Å². The molecule has 1 amide bonds. The van der Waals surface area contributed by atoms with Gasteiger partial charge in [0.2, 0.25) is 0 Å². The third kappa shape index (κ3) is 7.68. The number of methoxy groups -OCH3 is 1. The van der Waals surface area contributed by atoms with Crippen LogP contribution in [-0.4, -0.2) is 45.2 Å². The minimum atomic E-state index is -0.0763. The fourth-order valence-corrected chi connectivity index (χ4v) is 3.24. The van der Waals surface area contributed by atoms with Crippen molar-refractivity contribution in [3.8, 4) is 11.5 Å². The van der Waals surface area contributed by atoms with Gasteiger partial charge in [-0.2, -0.15) is 0 Å². The van der Waals surface area contributed by atoms with Crippen molar-refractivity contribution in [1.82, 2.24) is 16.0 Å². The Bertz CT molecular complexity index is 915. The highest BCUT2D eigenvalue weighted by molar-refractivity contribution is 6.31. The van der Waals surface area contributed by atoms with Crippen LogP contribution in [0, 0.1) is 0 Å². The summed E-state index contributed by atoms with van der Waals surface area (Å²) in [7, 11) is 3.35. The summed E-state index contributed by atoms with van der Waals surface area (Å²) >= 11 is 6.30. The Hall–Kier alpha value is -2.93. The van der Waals surface area contributed by atoms with E-state index in [4.69, 9.17) is 21.1 Å². The number of halogens is 1. The highest BCUT2D eigenvalue weighted by atomic mass is 35.5. The van der Waals surface area contributed by atoms with E-state index in [2.05, 4.69) is 20.9 Å². The maximum Gasteiger partial charge on any atom is 0.258 e. The molecular formula is C23H29ClN4O3. The summed E-state index contributed by atoms with van der Waals surface area (Å²) in [6.45, 7) is 1.30. The second kappa shape index (κ2) is 11.5. The molecule has 0 unspecified atom stereocenters. The van der Waals surface area contributed by atoms with E-state index in [9.17, 15) is 4.79 Å². The topological polar surface area (TPSA) is 84.0 Å². The molecule has 1 fully saturated rings. The molecule has 0 atom stereocenters. The molecule has 1 saturated carbocycles. The van der Waals surface area contributed by atoms with Crippen LogP contribution in [0.2, 0.25) is 5.02 Å². The first-order valence-corrected chi connectivity index (χ1v) is 10.7. The van der Waals surface area contributed by atoms with Crippen LogP contribution in [0.4, 0.5) is 0 Å². The van der Waals surface area contributed by atoms with Crippen LogP contribution >= 0.6 is 11.6 Å². The van der Waals surface area contributed by atoms with Gasteiger partial charge in [0.1, 0.15) is 11.5 Å². The van der Waals surface area contributed by atoms with Crippen molar-refractivity contribution in [2.45, 2.75) is 31.8 Å². The van der Waals surface area contributed by atoms with Gasteiger partial charge in [0.25, 0.3) is 5.91 Å². The van der Waals surface area contributed by atoms with E-state index in [1.807, 2.05) is 42.5 Å². The number of benzene rings is 2. The molecule has 0 saturated heterocycles. The number of guanidine groups is 1. The van der Waals surface area contributed by atoms with Crippen molar-refractivity contribution in [1.29, 1.82) is 0 Å². The van der Waals surface area contributed by atoms with Gasteiger partial charge in [0.05, 0.1) is 7.11 Å². The summed E-state index contributed by atoms with van der Waals surface area (Å²) in [6, 6.07) is 13.7. The lowest BCUT2D eigenvalue weighted by atomic mass is 10.1. The predicted octanol–water partition coefficient (Wildman–Crippen LogP) is 2.91. The second-order valence-electron chi connectivity index (χ2n) is 7.34. The summed E-state index contributed by atoms with van der Waals surface area (Å²) in [4.78, 5) is 16.0. The average molecular weight is 445 g/mol. The maximum absolute atomic E-state index is 11.8. The molecule has 0 spiro atoms. The Morgan fingerprint density at radius 1 is 1.16 bits per heavy atom. The van der Waals surface area contributed by atoms with Gasteiger partial charge < -0.3 is 25.4 Å². The van der Waals surface area contributed by atoms with Gasteiger partial charge in [-0.3, -0.25) is 9.79 Å². The first-order chi connectivity index (χ1) is 15.1. The van der Waals surface area contributed by atoms with Crippen LogP contribution in [0.3, 0.4) is 0 Å². The summed E-state index contributed by atoms with van der Waals surface area (Å²) in [5, 5.41) is 10.2. The fraction of sp³-hybridized carbons (Fsp3) is 0.391. The Morgan fingerprint density at radius 3 is 2.71 bits per heavy atom. The molecule has 0 aliphatic heterocycles. The minimum Gasteiger partial charge on any atom is -0.497 e. The number of aliphatic imine (C=N–C) groups is 1. The molecule has 7 nitrogen and oxygen atoms in total. The van der Waals surface area contributed by atoms with Crippen molar-refractivity contribution in [2.24, 2.45) is 4.99 Å². The first-order valence-electron chi connectivity index (χ1n) is 10.4. The SMILES string of the molecule is CN=C(NCCc1ccc(OC)cc1Cl)NCc1cccc(OCC(=O)NC2CC2)c1. The lowest BCUT2D eigenvalue weighted by Crippen LogP contribution is -2.37. The lowest BCUT2D eigenvalue weighted by molar-refractivity contribution is -0.123. The molecule has 31 heavy (non-hydrogen) atoms. The predicted molar refractivity (Wildman–Crippen MR) is 123 cm³/mol. The Labute approximate surface area is 188 Å². The number of amides is 1. The molecule has 2 aromatic rings. The molecule has 3 N–H and O–H groups in total. The van der Waals surface area contributed by atoms with E-state index in [-0.39, 0.29) is 12.5 Å². The van der Waals surface area contributed by atoms with E-state index in [0.717, 1.165) is 36.1 Å². The quantitative estimate of drug-likeness (QED) is 0.387. The van der Waals surface area contributed by atoms with Crippen molar-refractivity contribution in [3.05, 3.63) is 58.6 Å². The molecule has 2 aromatic carbocycles. The molecule has 3 rings (SSSR count). The van der Waals surface area contributed by atoms with Crippen molar-refractivity contribution in [3.63, 3.8) is 0 Å². The van der Waals surface area contributed by atoms with Gasteiger partial charge in [-0.1, -0.05) is 29.8 Å². The van der Waals surface area contributed by atoms with Gasteiger partial charge >= 0.3 is 0 Å². The Kier molecular flexibility index (Phi) is 8.41. The van der Waals surface area contributed by atoms with Gasteiger partial charge in [-0.05, 0) is 54.7 Å². The van der Waals surface area contributed by atoms with Crippen LogP contribution in [0.1, 0.15) is 24.0 Å². The summed E-state index contributed by atoms with van der Waals surface area (Å²) < 4.78 is 10.8. The maximum atomic E-state index is 11.8. The smallest absolute Gasteiger partial charge is 0.258 e. The number of ether oxygens (including phenoxy) is 2. The van der Waals surface area contributed by atoms with E-state index in [1.165, 1.54) is 0 Å². The molecule has 0 bridgehead atoms. The average Bonchev–Trinajstić information content (AvgIpc) is 3.59. The highest BCUT2D eigenvalue weighted by Crippen LogP contribution is 2.22. The van der Waals surface area contributed by atoms with Crippen molar-refractivity contribution < 1.29 is 14.3 Å². The highest BCUT2D eigenvalue weighted by Gasteiger charge is 2.23. The normalized spacial score (nSPS) is 13.5. The molecule has 8 heteroatoms. The Morgan fingerprint density at radius 2 is 2.00 bits per heavy atom. The van der Waals surface area contributed by atoms with Crippen LogP contribution in [-0.2, 0) is 17.8 Å². The summed E-state index contributed by atoms with van der Waals surface area (Å²) in [5.41, 5.74) is 2.07. The zero-order valence-corrected chi connectivity index (χ0v) is 18.7. The molecule has 1 aliphatic carbocycles. The van der Waals surface area contributed by atoms with Gasteiger partial charge in [-0.15, -0.1) is 0 Å². The third-order valence-corrected chi connectivity index (χ3v) is 5.19. The number of hydrogen-bond acceptors (Lipinski definition) is 4. The number of nitrogens with one attached hydrogen (secondary N) is 3. The van der Waals surface area contributed by atoms with Gasteiger partial charge in [-0.25, -0.2) is 0 Å². The molecule has 0 heterocycles. The van der Waals surface area contributed by atoms with E-state index < -0.39 is 0 Å². The van der Waals surface area contributed by atoms with Crippen LogP contribution in [0.5, 0.6) is 11.5 Å². The first kappa shape index (κ1) is 22.7. The number of rotatable bonds is 10. The monoisotopic (exact) mass is 444 g/mol. The molecular weight excluding hydrogens is 416 g/mol. The van der Waals surface area contributed by atoms with Gasteiger partial charge in [0, 0.05) is 31.2 Å². The molecule has 0 aromatic heterocycles. The van der Waals surface area contributed by atoms with E-state index in [0.29, 0.717) is 35.9 Å². The number of hydrogen-bond donors (Lipinski definition) is 3. The van der Waals surface area contributed by atoms with Crippen molar-refractivity contribution >= 4 is 23.5 Å². The van der Waals surface area contributed by atoms with E-state index >= 15 is 0 Å².